The molecule has 0 radical (unpaired) electrons. The molecule has 0 atom stereocenters. The number of primary amides is 1. The summed E-state index contributed by atoms with van der Waals surface area (Å²) in [4.78, 5) is 36.0. The Balaban J connectivity index is 1.36. The molecule has 0 saturated carbocycles. The van der Waals surface area contributed by atoms with E-state index in [0.717, 1.165) is 45.3 Å². The second-order valence-electron chi connectivity index (χ2n) is 8.51. The molecule has 2 aromatic rings. The van der Waals surface area contributed by atoms with Gasteiger partial charge in [-0.3, -0.25) is 19.7 Å². The van der Waals surface area contributed by atoms with Crippen LogP contribution in [0.5, 0.6) is 0 Å². The van der Waals surface area contributed by atoms with Gasteiger partial charge in [-0.25, -0.2) is 0 Å². The molecule has 170 valence electrons. The summed E-state index contributed by atoms with van der Waals surface area (Å²) in [6, 6.07) is 14.3. The number of benzene rings is 2. The number of rotatable bonds is 11. The molecule has 0 aliphatic carbocycles. The molecule has 1 aliphatic heterocycles. The average molecular weight is 438 g/mol. The molecule has 1 saturated heterocycles. The fourth-order valence-corrected chi connectivity index (χ4v) is 4.29. The number of nitro benzene ring substituents is 1. The number of carbonyl (C=O) groups excluding carboxylic acids is 2. The Kier molecular flexibility index (Phi) is 8.50. The number of nitrogens with two attached hydrogens (primary N) is 1. The van der Waals surface area contributed by atoms with Crippen molar-refractivity contribution in [2.24, 2.45) is 5.73 Å². The quantitative estimate of drug-likeness (QED) is 0.245. The molecular weight excluding hydrogens is 406 g/mol. The molecule has 7 nitrogen and oxygen atoms in total. The fourth-order valence-electron chi connectivity index (χ4n) is 4.29. The van der Waals surface area contributed by atoms with Crippen LogP contribution in [0.2, 0.25) is 0 Å². The lowest BCUT2D eigenvalue weighted by Crippen LogP contribution is -2.33. The third-order valence-corrected chi connectivity index (χ3v) is 6.20. The number of piperidine rings is 1. The minimum absolute atomic E-state index is 0.00217. The first kappa shape index (κ1) is 23.6. The van der Waals surface area contributed by atoms with Crippen LogP contribution >= 0.6 is 0 Å². The first-order valence-electron chi connectivity index (χ1n) is 11.3. The summed E-state index contributed by atoms with van der Waals surface area (Å²) in [7, 11) is 0. The predicted octanol–water partition coefficient (Wildman–Crippen LogP) is 4.25. The maximum Gasteiger partial charge on any atom is 0.269 e. The second-order valence-corrected chi connectivity index (χ2v) is 8.51. The largest absolute Gasteiger partial charge is 0.370 e. The van der Waals surface area contributed by atoms with Gasteiger partial charge in [-0.15, -0.1) is 0 Å². The number of hydrogen-bond donors (Lipinski definition) is 1. The van der Waals surface area contributed by atoms with Crippen molar-refractivity contribution in [1.29, 1.82) is 0 Å². The van der Waals surface area contributed by atoms with Crippen LogP contribution in [0.1, 0.15) is 65.9 Å². The SMILES string of the molecule is NC(=O)CCc1cccc(C2CCN(CCCCC(=O)c3ccc([N+](=O)[O-])cc3)CC2)c1. The third kappa shape index (κ3) is 6.99. The van der Waals surface area contributed by atoms with Gasteiger partial charge in [-0.05, 0) is 80.9 Å². The summed E-state index contributed by atoms with van der Waals surface area (Å²) in [6.45, 7) is 3.08. The molecule has 2 N–H and O–H groups in total. The summed E-state index contributed by atoms with van der Waals surface area (Å²) in [6.07, 6.45) is 5.55. The van der Waals surface area contributed by atoms with Crippen molar-refractivity contribution in [1.82, 2.24) is 4.90 Å². The highest BCUT2D eigenvalue weighted by molar-refractivity contribution is 5.96. The van der Waals surface area contributed by atoms with Gasteiger partial charge >= 0.3 is 0 Å². The maximum atomic E-state index is 12.3. The van der Waals surface area contributed by atoms with Crippen molar-refractivity contribution in [3.8, 4) is 0 Å². The summed E-state index contributed by atoms with van der Waals surface area (Å²) in [5, 5.41) is 10.7. The van der Waals surface area contributed by atoms with Crippen LogP contribution in [0.25, 0.3) is 0 Å². The Labute approximate surface area is 188 Å². The smallest absolute Gasteiger partial charge is 0.269 e. The third-order valence-electron chi connectivity index (χ3n) is 6.20. The number of non-ortho nitro benzene ring substituents is 1. The number of carbonyl (C=O) groups is 2. The van der Waals surface area contributed by atoms with Gasteiger partial charge in [0.25, 0.3) is 5.69 Å². The zero-order chi connectivity index (χ0) is 22.9. The van der Waals surface area contributed by atoms with E-state index >= 15 is 0 Å². The molecule has 1 amide bonds. The Morgan fingerprint density at radius 1 is 1.03 bits per heavy atom. The van der Waals surface area contributed by atoms with E-state index in [4.69, 9.17) is 5.73 Å². The van der Waals surface area contributed by atoms with Crippen LogP contribution in [-0.2, 0) is 11.2 Å². The molecule has 0 spiro atoms. The van der Waals surface area contributed by atoms with Crippen molar-refractivity contribution in [2.75, 3.05) is 19.6 Å². The molecule has 1 fully saturated rings. The minimum atomic E-state index is -0.460. The summed E-state index contributed by atoms with van der Waals surface area (Å²) in [5.74, 6) is 0.316. The number of unbranched alkanes of at least 4 members (excludes halogenated alkanes) is 1. The monoisotopic (exact) mass is 437 g/mol. The number of nitrogens with zero attached hydrogens (tertiary/aromatic N) is 2. The van der Waals surface area contributed by atoms with E-state index in [0.29, 0.717) is 30.7 Å². The van der Waals surface area contributed by atoms with Gasteiger partial charge in [0.1, 0.15) is 0 Å². The highest BCUT2D eigenvalue weighted by Crippen LogP contribution is 2.29. The molecule has 1 heterocycles. The van der Waals surface area contributed by atoms with Crippen LogP contribution in [0.15, 0.2) is 48.5 Å². The van der Waals surface area contributed by atoms with E-state index in [-0.39, 0.29) is 17.4 Å². The highest BCUT2D eigenvalue weighted by Gasteiger charge is 2.20. The maximum absolute atomic E-state index is 12.3. The van der Waals surface area contributed by atoms with Gasteiger partial charge in [0, 0.05) is 30.5 Å². The Bertz CT molecular complexity index is 934. The number of amides is 1. The number of nitro groups is 1. The molecule has 2 aromatic carbocycles. The molecule has 3 rings (SSSR count). The lowest BCUT2D eigenvalue weighted by Gasteiger charge is -2.32. The zero-order valence-electron chi connectivity index (χ0n) is 18.4. The lowest BCUT2D eigenvalue weighted by molar-refractivity contribution is -0.384. The van der Waals surface area contributed by atoms with Crippen LogP contribution < -0.4 is 5.73 Å². The predicted molar refractivity (Wildman–Crippen MR) is 124 cm³/mol. The first-order chi connectivity index (χ1) is 15.4. The van der Waals surface area contributed by atoms with Crippen molar-refractivity contribution in [3.63, 3.8) is 0 Å². The highest BCUT2D eigenvalue weighted by atomic mass is 16.6. The lowest BCUT2D eigenvalue weighted by atomic mass is 9.88. The van der Waals surface area contributed by atoms with E-state index < -0.39 is 4.92 Å². The fraction of sp³-hybridized carbons (Fsp3) is 0.440. The van der Waals surface area contributed by atoms with Crippen molar-refractivity contribution < 1.29 is 14.5 Å². The van der Waals surface area contributed by atoms with Crippen molar-refractivity contribution in [3.05, 3.63) is 75.3 Å². The van der Waals surface area contributed by atoms with Crippen molar-refractivity contribution in [2.45, 2.75) is 50.9 Å². The Hall–Kier alpha value is -3.06. The van der Waals surface area contributed by atoms with Crippen LogP contribution in [0.3, 0.4) is 0 Å². The number of aryl methyl sites for hydroxylation is 1. The van der Waals surface area contributed by atoms with E-state index in [1.165, 1.54) is 35.4 Å². The number of Topliss-reactive ketones (excluding diaryl/α,β-unsaturated/α-hetero) is 1. The topological polar surface area (TPSA) is 107 Å². The van der Waals surface area contributed by atoms with Crippen LogP contribution in [0.4, 0.5) is 5.69 Å². The average Bonchev–Trinajstić information content (AvgIpc) is 2.81. The molecule has 7 heteroatoms. The first-order valence-corrected chi connectivity index (χ1v) is 11.3. The number of ketones is 1. The van der Waals surface area contributed by atoms with Crippen LogP contribution in [0, 0.1) is 10.1 Å². The zero-order valence-corrected chi connectivity index (χ0v) is 18.4. The second kappa shape index (κ2) is 11.5. The standard InChI is InChI=1S/C25H31N3O4/c26-25(30)12-7-19-4-3-5-22(18-19)20-13-16-27(17-14-20)15-2-1-6-24(29)21-8-10-23(11-9-21)28(31)32/h3-5,8-11,18,20H,1-2,6-7,12-17H2,(H2,26,30). The number of hydrogen-bond acceptors (Lipinski definition) is 5. The number of likely N-dealkylation sites (tertiary alicyclic amines) is 1. The molecule has 0 unspecified atom stereocenters. The van der Waals surface area contributed by atoms with E-state index in [9.17, 15) is 19.7 Å². The normalized spacial score (nSPS) is 14.9. The van der Waals surface area contributed by atoms with E-state index in [2.05, 4.69) is 29.2 Å². The van der Waals surface area contributed by atoms with E-state index in [1.54, 1.807) is 0 Å². The Morgan fingerprint density at radius 3 is 2.41 bits per heavy atom. The minimum Gasteiger partial charge on any atom is -0.370 e. The summed E-state index contributed by atoms with van der Waals surface area (Å²) < 4.78 is 0. The molecular formula is C25H31N3O4. The molecule has 32 heavy (non-hydrogen) atoms. The molecule has 0 aromatic heterocycles. The van der Waals surface area contributed by atoms with Gasteiger partial charge in [0.2, 0.25) is 5.91 Å². The van der Waals surface area contributed by atoms with Gasteiger partial charge in [-0.1, -0.05) is 24.3 Å². The van der Waals surface area contributed by atoms with E-state index in [1.807, 2.05) is 0 Å². The van der Waals surface area contributed by atoms with Gasteiger partial charge in [0.05, 0.1) is 4.92 Å². The van der Waals surface area contributed by atoms with Crippen molar-refractivity contribution >= 4 is 17.4 Å². The van der Waals surface area contributed by atoms with Gasteiger partial charge in [0.15, 0.2) is 5.78 Å². The molecule has 0 bridgehead atoms. The molecule has 1 aliphatic rings. The van der Waals surface area contributed by atoms with Gasteiger partial charge in [-0.2, -0.15) is 0 Å². The van der Waals surface area contributed by atoms with Gasteiger partial charge < -0.3 is 10.6 Å². The summed E-state index contributed by atoms with van der Waals surface area (Å²) >= 11 is 0. The van der Waals surface area contributed by atoms with Crippen LogP contribution in [-0.4, -0.2) is 41.1 Å². The Morgan fingerprint density at radius 2 is 1.75 bits per heavy atom. The summed E-state index contributed by atoms with van der Waals surface area (Å²) in [5.41, 5.74) is 8.32.